The predicted octanol–water partition coefficient (Wildman–Crippen LogP) is 5.27. The molecule has 1 N–H and O–H groups in total. The number of anilines is 1. The second-order valence-electron chi connectivity index (χ2n) is 17.8. The summed E-state index contributed by atoms with van der Waals surface area (Å²) in [6, 6.07) is 2.63. The first-order chi connectivity index (χ1) is 22.8. The number of β-amino-alcohol motifs (C(OH)–C–C–N with tert-alkyl or cyclic N) is 1. The number of aromatic nitrogens is 2. The molecule has 8 aliphatic rings. The second-order valence-corrected chi connectivity index (χ2v) is 17.8. The molecular weight excluding hydrogens is 629 g/mol. The Balaban J connectivity index is 1.05. The topological polar surface area (TPSA) is 117 Å². The summed E-state index contributed by atoms with van der Waals surface area (Å²) < 4.78 is 27.9. The van der Waals surface area contributed by atoms with Gasteiger partial charge in [0.2, 0.25) is 0 Å². The fourth-order valence-electron chi connectivity index (χ4n) is 12.0. The van der Waals surface area contributed by atoms with Gasteiger partial charge in [-0.15, -0.1) is 0 Å². The van der Waals surface area contributed by atoms with Crippen LogP contribution in [0.4, 0.5) is 19.8 Å². The van der Waals surface area contributed by atoms with E-state index in [1.54, 1.807) is 35.6 Å². The lowest BCUT2D eigenvalue weighted by Crippen LogP contribution is -3.15. The third-order valence-corrected chi connectivity index (χ3v) is 13.2. The fraction of sp³-hybridized carbons (Fsp3) is 0.676. The maximum Gasteiger partial charge on any atom is 0.410 e. The first-order valence-corrected chi connectivity index (χ1v) is 17.7. The molecule has 3 amide bonds. The highest BCUT2D eigenvalue weighted by atomic mass is 19.1. The molecule has 0 spiro atoms. The molecule has 0 radical (unpaired) electrons. The van der Waals surface area contributed by atoms with Crippen LogP contribution in [-0.2, 0) is 20.7 Å². The first kappa shape index (κ1) is 31.3. The van der Waals surface area contributed by atoms with Crippen molar-refractivity contribution in [2.24, 2.45) is 40.9 Å². The van der Waals surface area contributed by atoms with E-state index in [-0.39, 0.29) is 35.3 Å². The molecule has 3 heterocycles. The zero-order valence-corrected chi connectivity index (χ0v) is 29.7. The minimum atomic E-state index is -1.14. The van der Waals surface area contributed by atoms with E-state index in [4.69, 9.17) is 14.6 Å². The van der Waals surface area contributed by atoms with Crippen LogP contribution in [0.25, 0.3) is 5.69 Å². The minimum absolute atomic E-state index is 0.0434. The van der Waals surface area contributed by atoms with Crippen molar-refractivity contribution in [2.75, 3.05) is 18.0 Å². The molecule has 262 valence electrons. The molecule has 1 aromatic heterocycles. The van der Waals surface area contributed by atoms with Crippen molar-refractivity contribution in [3.8, 4) is 5.69 Å². The Kier molecular flexibility index (Phi) is 5.85. The van der Waals surface area contributed by atoms with Crippen LogP contribution in [0.3, 0.4) is 0 Å². The standard InChI is InChI=1S/C37H46FN5O6/c1-16-12-19(13-17(2)30(16)38)43-31(23-18(3)40(11-10-20(23)39-43)33(47)49-35(7,8)9)42-21(44)15-41(32(42)46)37-27-24-28(37)26-29(37)25(27)36(24,26)14-22(45)48-34(4,5)6/h12-13,18,21,24-29,44H,10-11,14-15H2,1-9H3/t18-,21?,24?,25?,26?,27?,28?,29?,36?,37?/m0/s1. The quantitative estimate of drug-likeness (QED) is 0.430. The molecule has 2 aliphatic heterocycles. The van der Waals surface area contributed by atoms with Crippen molar-refractivity contribution in [3.05, 3.63) is 40.3 Å². The van der Waals surface area contributed by atoms with Gasteiger partial charge in [-0.25, -0.2) is 23.6 Å². The maximum atomic E-state index is 14.8. The Morgan fingerprint density at radius 1 is 0.980 bits per heavy atom. The van der Waals surface area contributed by atoms with Crippen LogP contribution >= 0.6 is 0 Å². The number of amides is 3. The third kappa shape index (κ3) is 3.51. The van der Waals surface area contributed by atoms with Crippen LogP contribution in [0.2, 0.25) is 0 Å². The highest BCUT2D eigenvalue weighted by Crippen LogP contribution is 3.08. The predicted molar refractivity (Wildman–Crippen MR) is 175 cm³/mol. The van der Waals surface area contributed by atoms with Gasteiger partial charge in [0.15, 0.2) is 6.23 Å². The average Bonchev–Trinajstić information content (AvgIpc) is 3.50. The number of hydrogen-bond acceptors (Lipinski definition) is 7. The van der Waals surface area contributed by atoms with E-state index in [0.717, 1.165) is 5.69 Å². The van der Waals surface area contributed by atoms with E-state index in [9.17, 15) is 23.9 Å². The number of aliphatic hydroxyl groups is 1. The van der Waals surface area contributed by atoms with Gasteiger partial charge in [0.1, 0.15) is 22.8 Å². The van der Waals surface area contributed by atoms with Crippen LogP contribution in [0, 0.1) is 60.6 Å². The number of benzene rings is 1. The molecule has 0 bridgehead atoms. The second kappa shape index (κ2) is 9.16. The number of carbonyl (C=O) groups is 3. The smallest absolute Gasteiger partial charge is 0.410 e. The van der Waals surface area contributed by atoms with Gasteiger partial charge in [0.25, 0.3) is 0 Å². The van der Waals surface area contributed by atoms with Crippen molar-refractivity contribution in [2.45, 2.75) is 104 Å². The summed E-state index contributed by atoms with van der Waals surface area (Å²) in [6.07, 6.45) is -0.711. The van der Waals surface area contributed by atoms with E-state index in [0.29, 0.717) is 83.1 Å². The van der Waals surface area contributed by atoms with Crippen LogP contribution in [0.15, 0.2) is 12.1 Å². The van der Waals surface area contributed by atoms with Gasteiger partial charge in [0, 0.05) is 18.5 Å². The number of fused-ring (bicyclic) bond motifs is 1. The highest BCUT2D eigenvalue weighted by Gasteiger charge is 3.11. The molecule has 1 aromatic carbocycles. The van der Waals surface area contributed by atoms with Crippen molar-refractivity contribution >= 4 is 23.9 Å². The normalized spacial score (nSPS) is 37.4. The zero-order chi connectivity index (χ0) is 35.1. The van der Waals surface area contributed by atoms with Crippen LogP contribution < -0.4 is 4.90 Å². The number of aryl methyl sites for hydroxylation is 2. The van der Waals surface area contributed by atoms with Gasteiger partial charge < -0.3 is 24.4 Å². The SMILES string of the molecule is Cc1cc(-n2nc3c(c2N2C(=O)N(C45C6C7C4C4C5C6C74CC(=O)OC(C)(C)C)CC2O)[C@H](C)N(C(=O)OC(C)(C)C)CC3)cc(C)c1F. The summed E-state index contributed by atoms with van der Waals surface area (Å²) in [4.78, 5) is 46.0. The molecule has 6 saturated carbocycles. The van der Waals surface area contributed by atoms with Gasteiger partial charge in [0.05, 0.1) is 35.9 Å². The van der Waals surface area contributed by atoms with Gasteiger partial charge in [-0.3, -0.25) is 4.79 Å². The number of hydrogen-bond donors (Lipinski definition) is 1. The van der Waals surface area contributed by atoms with Gasteiger partial charge in [-0.2, -0.15) is 5.10 Å². The van der Waals surface area contributed by atoms with E-state index in [2.05, 4.69) is 0 Å². The van der Waals surface area contributed by atoms with E-state index in [1.165, 1.54) is 4.90 Å². The van der Waals surface area contributed by atoms with Crippen molar-refractivity contribution in [1.29, 1.82) is 0 Å². The Morgan fingerprint density at radius 2 is 1.55 bits per heavy atom. The lowest BCUT2D eigenvalue weighted by molar-refractivity contribution is -0.639. The molecule has 7 fully saturated rings. The molecule has 1 unspecified atom stereocenters. The molecular formula is C37H46FN5O6. The molecule has 6 aliphatic carbocycles. The Bertz CT molecular complexity index is 1800. The Labute approximate surface area is 285 Å². The van der Waals surface area contributed by atoms with Crippen LogP contribution in [0.1, 0.15) is 83.3 Å². The number of ether oxygens (including phenoxy) is 2. The molecule has 49 heavy (non-hydrogen) atoms. The van der Waals surface area contributed by atoms with Gasteiger partial charge in [-0.1, -0.05) is 0 Å². The Morgan fingerprint density at radius 3 is 2.10 bits per heavy atom. The molecule has 2 aromatic rings. The molecule has 11 nitrogen and oxygen atoms in total. The summed E-state index contributed by atoms with van der Waals surface area (Å²) >= 11 is 0. The average molecular weight is 676 g/mol. The van der Waals surface area contributed by atoms with Crippen molar-refractivity contribution in [1.82, 2.24) is 19.6 Å². The number of urea groups is 1. The van der Waals surface area contributed by atoms with E-state index < -0.39 is 29.6 Å². The lowest BCUT2D eigenvalue weighted by atomic mass is 8.93. The van der Waals surface area contributed by atoms with Gasteiger partial charge >= 0.3 is 18.1 Å². The number of esters is 1. The van der Waals surface area contributed by atoms with Crippen molar-refractivity contribution in [3.63, 3.8) is 0 Å². The monoisotopic (exact) mass is 675 g/mol. The number of nitrogens with zero attached hydrogens (tertiary/aromatic N) is 5. The number of rotatable bonds is 5. The summed E-state index contributed by atoms with van der Waals surface area (Å²) in [5, 5.41) is 16.8. The number of halogens is 1. The first-order valence-electron chi connectivity index (χ1n) is 17.7. The molecule has 1 saturated heterocycles. The molecule has 10 rings (SSSR count). The summed E-state index contributed by atoms with van der Waals surface area (Å²) in [5.74, 6) is 2.34. The third-order valence-electron chi connectivity index (χ3n) is 13.2. The zero-order valence-electron chi connectivity index (χ0n) is 29.7. The van der Waals surface area contributed by atoms with Crippen molar-refractivity contribution < 1.29 is 33.4 Å². The highest BCUT2D eigenvalue weighted by molar-refractivity contribution is 5.97. The van der Waals surface area contributed by atoms with E-state index in [1.807, 2.05) is 53.4 Å². The summed E-state index contributed by atoms with van der Waals surface area (Å²) in [7, 11) is 0. The minimum Gasteiger partial charge on any atom is -0.460 e. The largest absolute Gasteiger partial charge is 0.460 e. The lowest BCUT2D eigenvalue weighted by Gasteiger charge is -3.11. The summed E-state index contributed by atoms with van der Waals surface area (Å²) in [6.45, 7) is 17.0. The van der Waals surface area contributed by atoms with Crippen LogP contribution in [-0.4, -0.2) is 78.8 Å². The van der Waals surface area contributed by atoms with E-state index >= 15 is 0 Å². The Hall–Kier alpha value is -3.67. The number of carbonyl (C=O) groups excluding carboxylic acids is 3. The molecule has 12 heteroatoms. The van der Waals surface area contributed by atoms with Crippen LogP contribution in [0.5, 0.6) is 0 Å². The van der Waals surface area contributed by atoms with Gasteiger partial charge in [-0.05, 0) is 126 Å². The number of aliphatic hydroxyl groups excluding tert-OH is 1. The maximum absolute atomic E-state index is 14.8. The fourth-order valence-corrected chi connectivity index (χ4v) is 12.0. The molecule has 2 atom stereocenters. The summed E-state index contributed by atoms with van der Waals surface area (Å²) in [5.41, 5.74) is 1.45.